The number of nitrogens with one attached hydrogen (secondary N) is 1. The molecule has 7 N–H and O–H groups in total. The van der Waals surface area contributed by atoms with Gasteiger partial charge in [0.15, 0.2) is 5.72 Å². The number of carbonyl (C=O) groups excluding carboxylic acids is 1. The summed E-state index contributed by atoms with van der Waals surface area (Å²) >= 11 is 0. The molecule has 134 valence electrons. The van der Waals surface area contributed by atoms with Crippen molar-refractivity contribution >= 4 is 23.8 Å². The van der Waals surface area contributed by atoms with E-state index in [2.05, 4.69) is 4.72 Å². The summed E-state index contributed by atoms with van der Waals surface area (Å²) < 4.78 is 32.9. The van der Waals surface area contributed by atoms with Gasteiger partial charge < -0.3 is 20.5 Å². The molecular weight excluding hydrogens is 327 g/mol. The molecule has 1 aliphatic heterocycles. The van der Waals surface area contributed by atoms with Gasteiger partial charge in [-0.25, -0.2) is 4.72 Å². The van der Waals surface area contributed by atoms with Crippen LogP contribution in [0.3, 0.4) is 0 Å². The van der Waals surface area contributed by atoms with Crippen molar-refractivity contribution in [3.8, 4) is 0 Å². The Morgan fingerprint density at radius 2 is 2.22 bits per heavy atom. The van der Waals surface area contributed by atoms with Crippen LogP contribution >= 0.6 is 0 Å². The molecule has 0 aromatic heterocycles. The fraction of sp³-hybridized carbons (Fsp3) is 0.909. The van der Waals surface area contributed by atoms with Crippen molar-refractivity contribution in [1.82, 2.24) is 9.03 Å². The second-order valence-electron chi connectivity index (χ2n) is 5.90. The van der Waals surface area contributed by atoms with Crippen molar-refractivity contribution in [1.29, 1.82) is 0 Å². The van der Waals surface area contributed by atoms with E-state index in [1.807, 2.05) is 0 Å². The molecule has 0 aromatic carbocycles. The molecule has 0 bridgehead atoms. The quantitative estimate of drug-likeness (QED) is 0.159. The fourth-order valence-electron chi connectivity index (χ4n) is 2.49. The second-order valence-corrected chi connectivity index (χ2v) is 7.66. The molecule has 0 unspecified atom stereocenters. The maximum atomic E-state index is 12.2. The Morgan fingerprint density at radius 1 is 1.57 bits per heavy atom. The maximum absolute atomic E-state index is 12.2. The minimum Gasteiger partial charge on any atom is -0.445 e. The van der Waals surface area contributed by atoms with Crippen molar-refractivity contribution < 1.29 is 28.0 Å². The number of hydrogen-bond donors (Lipinski definition) is 5. The van der Waals surface area contributed by atoms with Crippen molar-refractivity contribution in [2.75, 3.05) is 19.6 Å². The van der Waals surface area contributed by atoms with Crippen LogP contribution < -0.4 is 16.2 Å². The van der Waals surface area contributed by atoms with Gasteiger partial charge in [0.05, 0.1) is 6.54 Å². The van der Waals surface area contributed by atoms with Gasteiger partial charge in [0.2, 0.25) is 0 Å². The van der Waals surface area contributed by atoms with Crippen LogP contribution in [0.1, 0.15) is 19.8 Å². The smallest absolute Gasteiger partial charge is 0.445 e. The zero-order chi connectivity index (χ0) is 17.7. The van der Waals surface area contributed by atoms with Gasteiger partial charge in [-0.05, 0) is 19.7 Å². The van der Waals surface area contributed by atoms with E-state index in [9.17, 15) is 13.2 Å². The Bertz CT molecular complexity index is 491. The lowest BCUT2D eigenvalue weighted by molar-refractivity contribution is -0.145. The first-order chi connectivity index (χ1) is 10.6. The molecule has 1 rings (SSSR count). The standard InChI is InChI=1S/C11H25BN4O6S/c1-9(13)5-15-23(20,21)16-6-10(3-2-4-12(18)19)11(14,7-16)22-8-17/h8-10,15,18-19H,2-7,13-14H2,1H3/t9-,10-,11+/m0/s1. The highest BCUT2D eigenvalue weighted by Gasteiger charge is 2.49. The third-order valence-electron chi connectivity index (χ3n) is 3.75. The Hall–Kier alpha value is -0.755. The molecule has 0 spiro atoms. The highest BCUT2D eigenvalue weighted by Crippen LogP contribution is 2.32. The molecule has 0 amide bonds. The Balaban J connectivity index is 2.76. The van der Waals surface area contributed by atoms with Crippen LogP contribution in [0.4, 0.5) is 0 Å². The molecule has 1 fully saturated rings. The number of ether oxygens (including phenoxy) is 1. The third kappa shape index (κ3) is 5.99. The van der Waals surface area contributed by atoms with Gasteiger partial charge in [-0.15, -0.1) is 0 Å². The molecule has 0 aliphatic carbocycles. The topological polar surface area (TPSA) is 168 Å². The van der Waals surface area contributed by atoms with E-state index >= 15 is 0 Å². The van der Waals surface area contributed by atoms with Gasteiger partial charge in [0, 0.05) is 25.0 Å². The minimum absolute atomic E-state index is 0.0696. The number of nitrogens with zero attached hydrogens (tertiary/aromatic N) is 1. The summed E-state index contributed by atoms with van der Waals surface area (Å²) in [6, 6.07) is -0.344. The second kappa shape index (κ2) is 8.37. The zero-order valence-corrected chi connectivity index (χ0v) is 13.9. The molecule has 1 heterocycles. The van der Waals surface area contributed by atoms with Crippen molar-refractivity contribution in [2.45, 2.75) is 37.9 Å². The summed E-state index contributed by atoms with van der Waals surface area (Å²) in [5.41, 5.74) is 10.1. The van der Waals surface area contributed by atoms with E-state index in [1.165, 1.54) is 0 Å². The van der Waals surface area contributed by atoms with E-state index in [1.54, 1.807) is 6.92 Å². The third-order valence-corrected chi connectivity index (χ3v) is 5.24. The average Bonchev–Trinajstić information content (AvgIpc) is 2.75. The molecule has 0 radical (unpaired) electrons. The van der Waals surface area contributed by atoms with Crippen molar-refractivity contribution in [3.63, 3.8) is 0 Å². The van der Waals surface area contributed by atoms with E-state index in [0.29, 0.717) is 12.8 Å². The summed E-state index contributed by atoms with van der Waals surface area (Å²) in [6.45, 7) is 1.83. The SMILES string of the molecule is C[C@H](N)CNS(=O)(=O)N1C[C@H](CCCB(O)O)[C@](N)(OC=O)C1. The minimum atomic E-state index is -3.79. The summed E-state index contributed by atoms with van der Waals surface area (Å²) in [5, 5.41) is 17.7. The first-order valence-corrected chi connectivity index (χ1v) is 8.81. The fourth-order valence-corrected chi connectivity index (χ4v) is 3.89. The van der Waals surface area contributed by atoms with Gasteiger partial charge in [0.1, 0.15) is 0 Å². The molecule has 1 saturated heterocycles. The van der Waals surface area contributed by atoms with Gasteiger partial charge in [0.25, 0.3) is 16.7 Å². The predicted molar refractivity (Wildman–Crippen MR) is 83.9 cm³/mol. The molecule has 1 aliphatic rings. The zero-order valence-electron chi connectivity index (χ0n) is 13.1. The molecule has 3 atom stereocenters. The highest BCUT2D eigenvalue weighted by molar-refractivity contribution is 7.87. The van der Waals surface area contributed by atoms with Crippen LogP contribution in [-0.2, 0) is 19.7 Å². The van der Waals surface area contributed by atoms with Crippen LogP contribution in [0.2, 0.25) is 6.32 Å². The first kappa shape index (κ1) is 20.3. The number of nitrogens with two attached hydrogens (primary N) is 2. The average molecular weight is 352 g/mol. The summed E-state index contributed by atoms with van der Waals surface area (Å²) in [4.78, 5) is 10.7. The number of rotatable bonds is 10. The van der Waals surface area contributed by atoms with Crippen molar-refractivity contribution in [3.05, 3.63) is 0 Å². The normalized spacial score (nSPS) is 26.9. The maximum Gasteiger partial charge on any atom is 0.451 e. The van der Waals surface area contributed by atoms with E-state index < -0.39 is 29.0 Å². The van der Waals surface area contributed by atoms with Gasteiger partial charge in [-0.3, -0.25) is 10.5 Å². The first-order valence-electron chi connectivity index (χ1n) is 7.37. The van der Waals surface area contributed by atoms with Gasteiger partial charge in [-0.1, -0.05) is 6.42 Å². The monoisotopic (exact) mass is 352 g/mol. The van der Waals surface area contributed by atoms with Crippen molar-refractivity contribution in [2.24, 2.45) is 17.4 Å². The molecular formula is C11H25BN4O6S. The molecule has 10 nitrogen and oxygen atoms in total. The van der Waals surface area contributed by atoms with E-state index in [-0.39, 0.29) is 38.5 Å². The van der Waals surface area contributed by atoms with Gasteiger partial charge in [-0.2, -0.15) is 12.7 Å². The van der Waals surface area contributed by atoms with Crippen LogP contribution in [0, 0.1) is 5.92 Å². The van der Waals surface area contributed by atoms with Gasteiger partial charge >= 0.3 is 7.12 Å². The molecule has 0 aromatic rings. The Morgan fingerprint density at radius 3 is 2.74 bits per heavy atom. The predicted octanol–water partition coefficient (Wildman–Crippen LogP) is -2.82. The highest BCUT2D eigenvalue weighted by atomic mass is 32.2. The van der Waals surface area contributed by atoms with Crippen LogP contribution in [0.25, 0.3) is 0 Å². The Kier molecular flexibility index (Phi) is 7.39. The lowest BCUT2D eigenvalue weighted by Crippen LogP contribution is -2.51. The molecule has 23 heavy (non-hydrogen) atoms. The largest absolute Gasteiger partial charge is 0.451 e. The summed E-state index contributed by atoms with van der Waals surface area (Å²) in [5.74, 6) is -0.446. The number of carbonyl (C=O) groups is 1. The van der Waals surface area contributed by atoms with E-state index in [4.69, 9.17) is 26.3 Å². The molecule has 12 heteroatoms. The summed E-state index contributed by atoms with van der Waals surface area (Å²) in [7, 11) is -5.23. The Labute approximate surface area is 136 Å². The number of hydrogen-bond acceptors (Lipinski definition) is 8. The lowest BCUT2D eigenvalue weighted by atomic mass is 9.81. The molecule has 0 saturated carbocycles. The summed E-state index contributed by atoms with van der Waals surface area (Å²) in [6.07, 6.45) is 0.926. The lowest BCUT2D eigenvalue weighted by Gasteiger charge is -2.28. The van der Waals surface area contributed by atoms with Crippen LogP contribution in [0.5, 0.6) is 0 Å². The van der Waals surface area contributed by atoms with E-state index in [0.717, 1.165) is 4.31 Å². The van der Waals surface area contributed by atoms with Crippen LogP contribution in [0.15, 0.2) is 0 Å². The van der Waals surface area contributed by atoms with Crippen LogP contribution in [-0.4, -0.2) is 67.8 Å².